The number of rotatable bonds is 2. The lowest BCUT2D eigenvalue weighted by Gasteiger charge is -2.07. The molecule has 3 heteroatoms. The summed E-state index contributed by atoms with van der Waals surface area (Å²) in [5.41, 5.74) is 9.17. The van der Waals surface area contributed by atoms with E-state index < -0.39 is 0 Å². The normalized spacial score (nSPS) is 12.7. The van der Waals surface area contributed by atoms with Crippen LogP contribution in [0.4, 0.5) is 0 Å². The van der Waals surface area contributed by atoms with E-state index in [1.807, 2.05) is 49.1 Å². The summed E-state index contributed by atoms with van der Waals surface area (Å²) in [6, 6.07) is 8.19. The minimum absolute atomic E-state index is 0.0570. The fourth-order valence-electron chi connectivity index (χ4n) is 1.50. The summed E-state index contributed by atoms with van der Waals surface area (Å²) in [5.74, 6) is 0. The minimum Gasteiger partial charge on any atom is -0.324 e. The maximum Gasteiger partial charge on any atom is 0.0648 e. The molecule has 0 radical (unpaired) electrons. The molecule has 0 amide bonds. The second-order valence-corrected chi connectivity index (χ2v) is 3.85. The summed E-state index contributed by atoms with van der Waals surface area (Å²) in [5, 5.41) is 4.26. The lowest BCUT2D eigenvalue weighted by Crippen LogP contribution is -2.05. The fraction of sp³-hybridized carbons (Fsp3) is 0.250. The quantitative estimate of drug-likeness (QED) is 0.809. The van der Waals surface area contributed by atoms with Gasteiger partial charge >= 0.3 is 0 Å². The third-order valence-corrected chi connectivity index (χ3v) is 2.37. The smallest absolute Gasteiger partial charge is 0.0648 e. The van der Waals surface area contributed by atoms with Crippen molar-refractivity contribution in [2.75, 3.05) is 0 Å². The Bertz CT molecular complexity index is 457. The van der Waals surface area contributed by atoms with Gasteiger partial charge in [-0.1, -0.05) is 12.1 Å². The Hall–Kier alpha value is -1.61. The van der Waals surface area contributed by atoms with Crippen molar-refractivity contribution >= 4 is 0 Å². The molecule has 0 saturated heterocycles. The van der Waals surface area contributed by atoms with Crippen molar-refractivity contribution in [2.24, 2.45) is 5.73 Å². The highest BCUT2D eigenvalue weighted by atomic mass is 15.3. The van der Waals surface area contributed by atoms with Crippen LogP contribution in [0.3, 0.4) is 0 Å². The van der Waals surface area contributed by atoms with Crippen molar-refractivity contribution in [3.63, 3.8) is 0 Å². The summed E-state index contributed by atoms with van der Waals surface area (Å²) in [6.45, 7) is 4.01. The van der Waals surface area contributed by atoms with Crippen molar-refractivity contribution in [3.8, 4) is 5.69 Å². The van der Waals surface area contributed by atoms with Gasteiger partial charge in [0.25, 0.3) is 0 Å². The summed E-state index contributed by atoms with van der Waals surface area (Å²) >= 11 is 0. The van der Waals surface area contributed by atoms with Crippen LogP contribution in [-0.2, 0) is 0 Å². The second kappa shape index (κ2) is 3.87. The monoisotopic (exact) mass is 201 g/mol. The molecule has 0 aliphatic rings. The van der Waals surface area contributed by atoms with Gasteiger partial charge in [-0.2, -0.15) is 5.10 Å². The number of benzene rings is 1. The van der Waals surface area contributed by atoms with Crippen LogP contribution in [0.15, 0.2) is 36.7 Å². The van der Waals surface area contributed by atoms with E-state index in [-0.39, 0.29) is 6.04 Å². The molecule has 2 aromatic rings. The first kappa shape index (κ1) is 9.93. The van der Waals surface area contributed by atoms with Gasteiger partial charge in [0, 0.05) is 12.2 Å². The lowest BCUT2D eigenvalue weighted by atomic mass is 10.1. The average Bonchev–Trinajstić information content (AvgIpc) is 2.65. The Balaban J connectivity index is 2.41. The zero-order chi connectivity index (χ0) is 10.8. The van der Waals surface area contributed by atoms with Crippen LogP contribution in [0.2, 0.25) is 0 Å². The largest absolute Gasteiger partial charge is 0.324 e. The van der Waals surface area contributed by atoms with Gasteiger partial charge < -0.3 is 5.73 Å². The number of aryl methyl sites for hydroxylation is 1. The van der Waals surface area contributed by atoms with Crippen LogP contribution >= 0.6 is 0 Å². The number of nitrogens with zero attached hydrogens (tertiary/aromatic N) is 2. The highest BCUT2D eigenvalue weighted by Crippen LogP contribution is 2.14. The minimum atomic E-state index is 0.0570. The van der Waals surface area contributed by atoms with Crippen molar-refractivity contribution in [2.45, 2.75) is 19.9 Å². The van der Waals surface area contributed by atoms with E-state index in [4.69, 9.17) is 5.73 Å². The maximum absolute atomic E-state index is 5.84. The van der Waals surface area contributed by atoms with Gasteiger partial charge in [-0.25, -0.2) is 4.68 Å². The van der Waals surface area contributed by atoms with Crippen molar-refractivity contribution in [1.29, 1.82) is 0 Å². The molecule has 2 N–H and O–H groups in total. The summed E-state index contributed by atoms with van der Waals surface area (Å²) in [6.07, 6.45) is 3.85. The van der Waals surface area contributed by atoms with Crippen molar-refractivity contribution in [3.05, 3.63) is 47.8 Å². The molecule has 15 heavy (non-hydrogen) atoms. The molecule has 0 aliphatic carbocycles. The molecule has 0 saturated carbocycles. The molecule has 3 nitrogen and oxygen atoms in total. The van der Waals surface area contributed by atoms with Crippen LogP contribution in [0, 0.1) is 6.92 Å². The van der Waals surface area contributed by atoms with Gasteiger partial charge in [0.05, 0.1) is 11.9 Å². The van der Waals surface area contributed by atoms with E-state index in [2.05, 4.69) is 11.2 Å². The van der Waals surface area contributed by atoms with E-state index >= 15 is 0 Å². The Morgan fingerprint density at radius 2 is 2.20 bits per heavy atom. The van der Waals surface area contributed by atoms with E-state index in [9.17, 15) is 0 Å². The molecule has 0 fully saturated rings. The first-order valence-electron chi connectivity index (χ1n) is 5.04. The van der Waals surface area contributed by atoms with Gasteiger partial charge in [0.15, 0.2) is 0 Å². The summed E-state index contributed by atoms with van der Waals surface area (Å²) in [4.78, 5) is 0. The van der Waals surface area contributed by atoms with Crippen LogP contribution in [-0.4, -0.2) is 9.78 Å². The van der Waals surface area contributed by atoms with Gasteiger partial charge in [0.2, 0.25) is 0 Å². The molecule has 1 aromatic carbocycles. The highest BCUT2D eigenvalue weighted by molar-refractivity contribution is 5.36. The molecule has 78 valence electrons. The Morgan fingerprint density at radius 1 is 1.40 bits per heavy atom. The van der Waals surface area contributed by atoms with Crippen molar-refractivity contribution < 1.29 is 0 Å². The Morgan fingerprint density at radius 3 is 2.80 bits per heavy atom. The third kappa shape index (κ3) is 2.07. The van der Waals surface area contributed by atoms with Crippen LogP contribution in [0.1, 0.15) is 24.1 Å². The SMILES string of the molecule is Cc1cnn(-c2cccc(C(C)N)c2)c1. The predicted molar refractivity (Wildman–Crippen MR) is 60.9 cm³/mol. The number of hydrogen-bond donors (Lipinski definition) is 1. The van der Waals surface area contributed by atoms with Crippen LogP contribution in [0.25, 0.3) is 5.69 Å². The second-order valence-electron chi connectivity index (χ2n) is 3.85. The van der Waals surface area contributed by atoms with E-state index in [0.29, 0.717) is 0 Å². The van der Waals surface area contributed by atoms with Gasteiger partial charge in [-0.15, -0.1) is 0 Å². The number of hydrogen-bond acceptors (Lipinski definition) is 2. The first-order chi connectivity index (χ1) is 7.16. The van der Waals surface area contributed by atoms with Gasteiger partial charge in [-0.05, 0) is 37.1 Å². The van der Waals surface area contributed by atoms with Crippen LogP contribution < -0.4 is 5.73 Å². The first-order valence-corrected chi connectivity index (χ1v) is 5.04. The molecule has 0 spiro atoms. The molecular weight excluding hydrogens is 186 g/mol. The summed E-state index contributed by atoms with van der Waals surface area (Å²) in [7, 11) is 0. The van der Waals surface area contributed by atoms with Gasteiger partial charge in [0.1, 0.15) is 0 Å². The highest BCUT2D eigenvalue weighted by Gasteiger charge is 2.02. The molecule has 2 rings (SSSR count). The predicted octanol–water partition coefficient (Wildman–Crippen LogP) is 2.20. The third-order valence-electron chi connectivity index (χ3n) is 2.37. The molecule has 1 aromatic heterocycles. The zero-order valence-electron chi connectivity index (χ0n) is 9.01. The average molecular weight is 201 g/mol. The Labute approximate surface area is 89.5 Å². The standard InChI is InChI=1S/C12H15N3/c1-9-7-14-15(8-9)12-5-3-4-11(6-12)10(2)13/h3-8,10H,13H2,1-2H3. The maximum atomic E-state index is 5.84. The summed E-state index contributed by atoms with van der Waals surface area (Å²) < 4.78 is 1.86. The molecule has 1 unspecified atom stereocenters. The van der Waals surface area contributed by atoms with E-state index in [0.717, 1.165) is 16.8 Å². The molecule has 0 aliphatic heterocycles. The van der Waals surface area contributed by atoms with E-state index in [1.165, 1.54) is 0 Å². The molecule has 1 atom stereocenters. The molecule has 1 heterocycles. The topological polar surface area (TPSA) is 43.8 Å². The molecule has 0 bridgehead atoms. The van der Waals surface area contributed by atoms with Crippen molar-refractivity contribution in [1.82, 2.24) is 9.78 Å². The van der Waals surface area contributed by atoms with Crippen LogP contribution in [0.5, 0.6) is 0 Å². The van der Waals surface area contributed by atoms with Gasteiger partial charge in [-0.3, -0.25) is 0 Å². The zero-order valence-corrected chi connectivity index (χ0v) is 9.01. The molecular formula is C12H15N3. The van der Waals surface area contributed by atoms with E-state index in [1.54, 1.807) is 0 Å². The fourth-order valence-corrected chi connectivity index (χ4v) is 1.50. The Kier molecular flexibility index (Phi) is 2.56. The lowest BCUT2D eigenvalue weighted by molar-refractivity contribution is 0.809. The number of nitrogens with two attached hydrogens (primary N) is 1. The number of aromatic nitrogens is 2.